The van der Waals surface area contributed by atoms with Gasteiger partial charge in [-0.25, -0.2) is 0 Å². The van der Waals surface area contributed by atoms with E-state index in [0.717, 1.165) is 38.5 Å². The van der Waals surface area contributed by atoms with Crippen molar-refractivity contribution in [2.75, 3.05) is 13.2 Å². The van der Waals surface area contributed by atoms with Gasteiger partial charge in [0.15, 0.2) is 12.1 Å². The van der Waals surface area contributed by atoms with Crippen LogP contribution < -0.4 is 0 Å². The molecule has 3 aliphatic heterocycles. The Kier molecular flexibility index (Phi) is 7.51. The van der Waals surface area contributed by atoms with Gasteiger partial charge < -0.3 is 49.6 Å². The number of hydrogen-bond acceptors (Lipinski definition) is 10. The fourth-order valence-electron chi connectivity index (χ4n) is 11.4. The molecule has 10 heteroatoms. The van der Waals surface area contributed by atoms with Gasteiger partial charge in [-0.15, -0.1) is 0 Å². The Morgan fingerprint density at radius 1 is 0.977 bits per heavy atom. The first-order chi connectivity index (χ1) is 20.3. The lowest BCUT2D eigenvalue weighted by molar-refractivity contribution is -0.318. The number of aliphatic hydroxyl groups is 6. The van der Waals surface area contributed by atoms with Crippen LogP contribution in [0.4, 0.5) is 0 Å². The minimum absolute atomic E-state index is 0.0500. The molecular formula is C33H52O10. The number of allylic oxidation sites excluding steroid dienone is 1. The van der Waals surface area contributed by atoms with Crippen LogP contribution in [0.15, 0.2) is 11.6 Å². The number of ether oxygens (including phenoxy) is 4. The van der Waals surface area contributed by atoms with E-state index in [1.54, 1.807) is 0 Å². The summed E-state index contributed by atoms with van der Waals surface area (Å²) in [5.74, 6) is 0.681. The van der Waals surface area contributed by atoms with Crippen LogP contribution in [0, 0.1) is 40.4 Å². The summed E-state index contributed by atoms with van der Waals surface area (Å²) in [4.78, 5) is 0. The normalized spacial score (nSPS) is 59.4. The topological polar surface area (TPSA) is 158 Å². The molecule has 7 rings (SSSR count). The molecule has 7 aliphatic rings. The molecule has 0 aromatic rings. The van der Waals surface area contributed by atoms with Crippen LogP contribution >= 0.6 is 0 Å². The van der Waals surface area contributed by atoms with E-state index in [1.807, 2.05) is 6.92 Å². The summed E-state index contributed by atoms with van der Waals surface area (Å²) in [6.07, 6.45) is 1.71. The maximum Gasteiger partial charge on any atom is 0.186 e. The summed E-state index contributed by atoms with van der Waals surface area (Å²) in [7, 11) is 0. The molecule has 17 unspecified atom stereocenters. The Morgan fingerprint density at radius 3 is 2.49 bits per heavy atom. The van der Waals surface area contributed by atoms with Gasteiger partial charge in [0.1, 0.15) is 24.4 Å². The van der Waals surface area contributed by atoms with Crippen molar-refractivity contribution in [1.29, 1.82) is 0 Å². The Morgan fingerprint density at radius 2 is 1.74 bits per heavy atom. The molecule has 0 bridgehead atoms. The third kappa shape index (κ3) is 4.49. The molecule has 3 heterocycles. The van der Waals surface area contributed by atoms with E-state index in [2.05, 4.69) is 26.8 Å². The largest absolute Gasteiger partial charge is 0.394 e. The molecule has 0 radical (unpaired) electrons. The molecule has 0 amide bonds. The quantitative estimate of drug-likeness (QED) is 0.259. The van der Waals surface area contributed by atoms with Gasteiger partial charge in [-0.3, -0.25) is 0 Å². The minimum Gasteiger partial charge on any atom is -0.394 e. The molecule has 6 fully saturated rings. The number of aliphatic hydroxyl groups excluding tert-OH is 6. The summed E-state index contributed by atoms with van der Waals surface area (Å²) >= 11 is 0. The van der Waals surface area contributed by atoms with E-state index in [4.69, 9.17) is 18.9 Å². The van der Waals surface area contributed by atoms with Gasteiger partial charge in [-0.05, 0) is 86.4 Å². The van der Waals surface area contributed by atoms with Crippen molar-refractivity contribution >= 4 is 0 Å². The summed E-state index contributed by atoms with van der Waals surface area (Å²) in [6.45, 7) is 8.49. The highest BCUT2D eigenvalue weighted by molar-refractivity contribution is 5.27. The van der Waals surface area contributed by atoms with E-state index in [1.165, 1.54) is 5.57 Å². The van der Waals surface area contributed by atoms with Gasteiger partial charge in [-0.1, -0.05) is 32.4 Å². The smallest absolute Gasteiger partial charge is 0.186 e. The first-order valence-corrected chi connectivity index (χ1v) is 16.6. The van der Waals surface area contributed by atoms with Gasteiger partial charge in [-0.2, -0.15) is 0 Å². The average molecular weight is 609 g/mol. The van der Waals surface area contributed by atoms with Crippen molar-refractivity contribution in [2.24, 2.45) is 40.4 Å². The zero-order chi connectivity index (χ0) is 30.7. The Bertz CT molecular complexity index is 1120. The third-order valence-electron chi connectivity index (χ3n) is 13.5. The predicted octanol–water partition coefficient (Wildman–Crippen LogP) is 1.62. The van der Waals surface area contributed by atoms with Crippen LogP contribution in [0.5, 0.6) is 0 Å². The van der Waals surface area contributed by atoms with Gasteiger partial charge >= 0.3 is 0 Å². The number of fused-ring (bicyclic) bond motifs is 7. The molecule has 244 valence electrons. The molecule has 0 aromatic heterocycles. The van der Waals surface area contributed by atoms with Crippen molar-refractivity contribution in [1.82, 2.24) is 0 Å². The van der Waals surface area contributed by atoms with E-state index in [0.29, 0.717) is 24.7 Å². The lowest BCUT2D eigenvalue weighted by atomic mass is 9.46. The molecule has 1 spiro atoms. The molecular weight excluding hydrogens is 556 g/mol. The Labute approximate surface area is 254 Å². The van der Waals surface area contributed by atoms with Crippen molar-refractivity contribution in [2.45, 2.75) is 139 Å². The maximum absolute atomic E-state index is 11.9. The highest BCUT2D eigenvalue weighted by atomic mass is 16.7. The average Bonchev–Trinajstić information content (AvgIpc) is 3.55. The zero-order valence-electron chi connectivity index (χ0n) is 26.0. The first kappa shape index (κ1) is 31.0. The lowest BCUT2D eigenvalue weighted by Crippen LogP contribution is -2.59. The number of hydrogen-bond donors (Lipinski definition) is 6. The third-order valence-corrected chi connectivity index (χ3v) is 13.5. The van der Waals surface area contributed by atoms with Gasteiger partial charge in [0.25, 0.3) is 0 Å². The second kappa shape index (κ2) is 10.4. The minimum atomic E-state index is -1.49. The highest BCUT2D eigenvalue weighted by Crippen LogP contribution is 2.71. The summed E-state index contributed by atoms with van der Waals surface area (Å²) in [5.41, 5.74) is 0.514. The molecule has 0 aromatic carbocycles. The van der Waals surface area contributed by atoms with Gasteiger partial charge in [0.2, 0.25) is 0 Å². The fraction of sp³-hybridized carbons (Fsp3) is 0.939. The van der Waals surface area contributed by atoms with Crippen LogP contribution in [0.2, 0.25) is 0 Å². The van der Waals surface area contributed by atoms with E-state index in [9.17, 15) is 30.6 Å². The van der Waals surface area contributed by atoms with E-state index >= 15 is 0 Å². The summed E-state index contributed by atoms with van der Waals surface area (Å²) in [5, 5.41) is 62.4. The SMILES string of the molecule is CC1C2C(CC3C4CC=C5CC(O)CCC5(C)C4C(O)CC32C)OC12CCC(C)(COC1OC(CO)C(O)C(O)C1O)O2. The maximum atomic E-state index is 11.9. The van der Waals surface area contributed by atoms with Crippen LogP contribution in [-0.2, 0) is 18.9 Å². The molecule has 3 saturated carbocycles. The fourth-order valence-corrected chi connectivity index (χ4v) is 11.4. The molecule has 6 N–H and O–H groups in total. The van der Waals surface area contributed by atoms with E-state index < -0.39 is 48.7 Å². The van der Waals surface area contributed by atoms with Crippen molar-refractivity contribution in [3.63, 3.8) is 0 Å². The number of rotatable bonds is 4. The van der Waals surface area contributed by atoms with Crippen LogP contribution in [0.25, 0.3) is 0 Å². The van der Waals surface area contributed by atoms with Crippen molar-refractivity contribution in [3.05, 3.63) is 11.6 Å². The zero-order valence-corrected chi connectivity index (χ0v) is 26.0. The lowest BCUT2D eigenvalue weighted by Gasteiger charge is -2.60. The molecule has 4 aliphatic carbocycles. The van der Waals surface area contributed by atoms with Crippen LogP contribution in [0.1, 0.15) is 79.1 Å². The van der Waals surface area contributed by atoms with Crippen LogP contribution in [0.3, 0.4) is 0 Å². The van der Waals surface area contributed by atoms with Gasteiger partial charge in [0, 0.05) is 12.3 Å². The van der Waals surface area contributed by atoms with Crippen molar-refractivity contribution < 1.29 is 49.6 Å². The Hall–Kier alpha value is -0.660. The highest BCUT2D eigenvalue weighted by Gasteiger charge is 2.71. The van der Waals surface area contributed by atoms with Crippen LogP contribution in [-0.4, -0.2) is 104 Å². The molecule has 10 nitrogen and oxygen atoms in total. The molecule has 43 heavy (non-hydrogen) atoms. The second-order valence-corrected chi connectivity index (χ2v) is 15.9. The standard InChI is InChI=1S/C33H52O10/c1-16-24-22(12-20-19-6-5-17-11-18(35)7-8-31(17,3)25(19)21(36)13-32(20,24)4)42-33(16)10-9-30(2,43-33)15-40-29-28(39)27(38)26(37)23(14-34)41-29/h5,16,18-29,34-39H,6-15H2,1-4H3. The summed E-state index contributed by atoms with van der Waals surface area (Å²) < 4.78 is 25.2. The Balaban J connectivity index is 1.06. The molecule has 3 saturated heterocycles. The monoisotopic (exact) mass is 608 g/mol. The summed E-state index contributed by atoms with van der Waals surface area (Å²) in [6, 6.07) is 0. The van der Waals surface area contributed by atoms with Crippen molar-refractivity contribution in [3.8, 4) is 0 Å². The van der Waals surface area contributed by atoms with E-state index in [-0.39, 0.29) is 53.5 Å². The first-order valence-electron chi connectivity index (χ1n) is 16.6. The second-order valence-electron chi connectivity index (χ2n) is 15.9. The van der Waals surface area contributed by atoms with Gasteiger partial charge in [0.05, 0.1) is 37.1 Å². The predicted molar refractivity (Wildman–Crippen MR) is 153 cm³/mol. The molecule has 17 atom stereocenters.